The molecule has 0 atom stereocenters. The molecule has 0 aliphatic carbocycles. The zero-order chi connectivity index (χ0) is 18.5. The number of carboxylic acid groups (broad SMARTS) is 1. The number of nitrogens with zero attached hydrogens (tertiary/aromatic N) is 1. The van der Waals surface area contributed by atoms with Gasteiger partial charge >= 0.3 is 5.97 Å². The Kier molecular flexibility index (Phi) is 22.9. The zero-order valence-electron chi connectivity index (χ0n) is 13.9. The summed E-state index contributed by atoms with van der Waals surface area (Å²) in [5.74, 6) is -0.845. The van der Waals surface area contributed by atoms with Crippen molar-refractivity contribution < 1.29 is 9.90 Å². The highest BCUT2D eigenvalue weighted by atomic mass is 16.4. The van der Waals surface area contributed by atoms with Gasteiger partial charge in [0, 0.05) is 11.6 Å². The molecule has 3 nitrogen and oxygen atoms in total. The third kappa shape index (κ3) is 24.3. The smallest absolute Gasteiger partial charge is 0.330 e. The highest BCUT2D eigenvalue weighted by molar-refractivity contribution is 5.85. The van der Waals surface area contributed by atoms with E-state index in [4.69, 9.17) is 10.4 Å². The molecule has 0 radical (unpaired) electrons. The van der Waals surface area contributed by atoms with Gasteiger partial charge in [-0.15, -0.1) is 0 Å². The molecule has 0 spiro atoms. The van der Waals surface area contributed by atoms with Gasteiger partial charge in [-0.1, -0.05) is 81.0 Å². The van der Waals surface area contributed by atoms with Gasteiger partial charge < -0.3 is 5.11 Å². The van der Waals surface area contributed by atoms with Crippen LogP contribution in [0.4, 0.5) is 0 Å². The molecule has 122 valence electrons. The van der Waals surface area contributed by atoms with Gasteiger partial charge in [-0.3, -0.25) is 0 Å². The quantitative estimate of drug-likeness (QED) is 0.460. The molecule has 0 unspecified atom stereocenters. The van der Waals surface area contributed by atoms with Gasteiger partial charge in [0.05, 0.1) is 6.07 Å². The topological polar surface area (TPSA) is 61.1 Å². The van der Waals surface area contributed by atoms with Crippen molar-refractivity contribution in [3.63, 3.8) is 0 Å². The molecular weight excluding hydrogens is 286 g/mol. The molecule has 0 saturated carbocycles. The van der Waals surface area contributed by atoms with Crippen LogP contribution in [0.1, 0.15) is 19.4 Å². The van der Waals surface area contributed by atoms with Crippen molar-refractivity contribution in [3.8, 4) is 6.07 Å². The third-order valence-electron chi connectivity index (χ3n) is 2.06. The standard InChI is InChI=1S/C8H8.C5H8O2.C4H6.C3H3N/c1-2-8-6-4-3-5-7-8;1-3-4(2)5(6)7;1-3-4-2;1-2-3-4/h2-7H,1H2;3H,1-2H3,(H,6,7);3-4H,1-2H2;2H,1H2/b;4-3+;;. The van der Waals surface area contributed by atoms with Crippen LogP contribution < -0.4 is 0 Å². The highest BCUT2D eigenvalue weighted by Gasteiger charge is 1.93. The van der Waals surface area contributed by atoms with Gasteiger partial charge in [0.2, 0.25) is 0 Å². The van der Waals surface area contributed by atoms with Crippen molar-refractivity contribution in [2.45, 2.75) is 13.8 Å². The Morgan fingerprint density at radius 3 is 1.70 bits per heavy atom. The molecule has 0 aliphatic rings. The number of carboxylic acids is 1. The number of benzene rings is 1. The Morgan fingerprint density at radius 2 is 1.57 bits per heavy atom. The first-order valence-corrected chi connectivity index (χ1v) is 6.72. The van der Waals surface area contributed by atoms with Gasteiger partial charge in [0.25, 0.3) is 0 Å². The van der Waals surface area contributed by atoms with Gasteiger partial charge in [0.1, 0.15) is 0 Å². The number of hydrogen-bond acceptors (Lipinski definition) is 2. The predicted molar refractivity (Wildman–Crippen MR) is 99.8 cm³/mol. The van der Waals surface area contributed by atoms with E-state index in [0.717, 1.165) is 0 Å². The predicted octanol–water partition coefficient (Wildman–Crippen LogP) is 5.42. The zero-order valence-corrected chi connectivity index (χ0v) is 13.9. The number of carbonyl (C=O) groups is 1. The lowest BCUT2D eigenvalue weighted by Crippen LogP contribution is -1.93. The van der Waals surface area contributed by atoms with Gasteiger partial charge in [-0.05, 0) is 19.4 Å². The summed E-state index contributed by atoms with van der Waals surface area (Å²) in [7, 11) is 0. The number of hydrogen-bond donors (Lipinski definition) is 1. The molecule has 0 amide bonds. The summed E-state index contributed by atoms with van der Waals surface area (Å²) in [6, 6.07) is 11.7. The Labute approximate surface area is 139 Å². The van der Waals surface area contributed by atoms with E-state index in [0.29, 0.717) is 5.57 Å². The molecule has 0 saturated heterocycles. The number of allylic oxidation sites excluding steroid dienone is 4. The lowest BCUT2D eigenvalue weighted by molar-refractivity contribution is -0.132. The van der Waals surface area contributed by atoms with Crippen LogP contribution in [-0.4, -0.2) is 11.1 Å². The fourth-order valence-electron chi connectivity index (χ4n) is 0.713. The molecular formula is C20H25NO2. The molecule has 3 heteroatoms. The summed E-state index contributed by atoms with van der Waals surface area (Å²) in [5, 5.41) is 15.6. The maximum absolute atomic E-state index is 9.86. The van der Waals surface area contributed by atoms with E-state index in [9.17, 15) is 4.79 Å². The Balaban J connectivity index is -0.000000245. The summed E-state index contributed by atoms with van der Waals surface area (Å²) in [5.41, 5.74) is 1.56. The Morgan fingerprint density at radius 1 is 1.13 bits per heavy atom. The molecule has 1 aromatic carbocycles. The summed E-state index contributed by atoms with van der Waals surface area (Å²) in [6.45, 7) is 16.7. The van der Waals surface area contributed by atoms with E-state index in [2.05, 4.69) is 26.3 Å². The molecule has 1 rings (SSSR count). The summed E-state index contributed by atoms with van der Waals surface area (Å²) < 4.78 is 0. The summed E-state index contributed by atoms with van der Waals surface area (Å²) in [6.07, 6.45) is 7.85. The van der Waals surface area contributed by atoms with Crippen LogP contribution in [0.3, 0.4) is 0 Å². The average molecular weight is 311 g/mol. The fourth-order valence-corrected chi connectivity index (χ4v) is 0.713. The third-order valence-corrected chi connectivity index (χ3v) is 2.06. The largest absolute Gasteiger partial charge is 0.478 e. The minimum atomic E-state index is -0.845. The van der Waals surface area contributed by atoms with Crippen molar-refractivity contribution in [3.05, 3.63) is 92.1 Å². The molecule has 0 heterocycles. The molecule has 1 N–H and O–H groups in total. The molecule has 0 fully saturated rings. The lowest BCUT2D eigenvalue weighted by Gasteiger charge is -1.85. The minimum Gasteiger partial charge on any atom is -0.478 e. The monoisotopic (exact) mass is 311 g/mol. The minimum absolute atomic E-state index is 0.389. The van der Waals surface area contributed by atoms with Crippen molar-refractivity contribution in [1.29, 1.82) is 5.26 Å². The first-order valence-electron chi connectivity index (χ1n) is 6.72. The van der Waals surface area contributed by atoms with Crippen LogP contribution in [0.25, 0.3) is 6.08 Å². The van der Waals surface area contributed by atoms with Crippen LogP contribution >= 0.6 is 0 Å². The highest BCUT2D eigenvalue weighted by Crippen LogP contribution is 1.97. The molecule has 0 aromatic heterocycles. The number of aliphatic carboxylic acids is 1. The lowest BCUT2D eigenvalue weighted by atomic mass is 10.2. The molecule has 1 aromatic rings. The van der Waals surface area contributed by atoms with Crippen LogP contribution in [0, 0.1) is 11.3 Å². The Bertz CT molecular complexity index is 529. The average Bonchev–Trinajstić information content (AvgIpc) is 2.62. The van der Waals surface area contributed by atoms with Crippen LogP contribution in [-0.2, 0) is 4.79 Å². The number of rotatable bonds is 3. The molecule has 0 aliphatic heterocycles. The SMILES string of the molecule is C/C=C(\C)C(=O)O.C=CC#N.C=CC=C.C=Cc1ccccc1. The van der Waals surface area contributed by atoms with E-state index in [1.165, 1.54) is 11.6 Å². The van der Waals surface area contributed by atoms with E-state index in [-0.39, 0.29) is 0 Å². The second-order valence-corrected chi connectivity index (χ2v) is 3.70. The van der Waals surface area contributed by atoms with E-state index in [1.807, 2.05) is 36.4 Å². The first kappa shape index (κ1) is 24.9. The summed E-state index contributed by atoms with van der Waals surface area (Å²) >= 11 is 0. The van der Waals surface area contributed by atoms with Crippen LogP contribution in [0.5, 0.6) is 0 Å². The van der Waals surface area contributed by atoms with Gasteiger partial charge in [-0.25, -0.2) is 4.79 Å². The maximum atomic E-state index is 9.86. The second-order valence-electron chi connectivity index (χ2n) is 3.70. The fraction of sp³-hybridized carbons (Fsp3) is 0.100. The van der Waals surface area contributed by atoms with Crippen LogP contribution in [0.15, 0.2) is 86.5 Å². The van der Waals surface area contributed by atoms with Crippen molar-refractivity contribution in [2.24, 2.45) is 0 Å². The van der Waals surface area contributed by atoms with Crippen molar-refractivity contribution in [2.75, 3.05) is 0 Å². The summed E-state index contributed by atoms with van der Waals surface area (Å²) in [4.78, 5) is 9.86. The first-order chi connectivity index (χ1) is 10.9. The second kappa shape index (κ2) is 21.2. The van der Waals surface area contributed by atoms with E-state index < -0.39 is 5.97 Å². The normalized spacial score (nSPS) is 7.96. The van der Waals surface area contributed by atoms with Crippen molar-refractivity contribution >= 4 is 12.0 Å². The van der Waals surface area contributed by atoms with Gasteiger partial charge in [0.15, 0.2) is 0 Å². The molecule has 0 bridgehead atoms. The van der Waals surface area contributed by atoms with Crippen molar-refractivity contribution in [1.82, 2.24) is 0 Å². The van der Waals surface area contributed by atoms with Gasteiger partial charge in [-0.2, -0.15) is 5.26 Å². The Hall–Kier alpha value is -3.12. The van der Waals surface area contributed by atoms with E-state index in [1.54, 1.807) is 38.1 Å². The van der Waals surface area contributed by atoms with E-state index >= 15 is 0 Å². The maximum Gasteiger partial charge on any atom is 0.330 e. The number of nitriles is 1. The van der Waals surface area contributed by atoms with Crippen LogP contribution in [0.2, 0.25) is 0 Å². The molecule has 23 heavy (non-hydrogen) atoms.